The minimum Gasteiger partial charge on any atom is -0.480 e. The van der Waals surface area contributed by atoms with E-state index in [9.17, 15) is 14.4 Å². The van der Waals surface area contributed by atoms with E-state index >= 15 is 0 Å². The van der Waals surface area contributed by atoms with E-state index in [0.717, 1.165) is 12.0 Å². The number of nitrogens with one attached hydrogen (secondary N) is 3. The lowest BCUT2D eigenvalue weighted by molar-refractivity contribution is -0.143. The Labute approximate surface area is 181 Å². The minimum atomic E-state index is -1.02. The first-order valence-corrected chi connectivity index (χ1v) is 10.6. The maximum absolute atomic E-state index is 13.3. The number of carbonyl (C=O) groups excluding carboxylic acids is 2. The van der Waals surface area contributed by atoms with Gasteiger partial charge >= 0.3 is 5.97 Å². The van der Waals surface area contributed by atoms with Crippen molar-refractivity contribution < 1.29 is 19.5 Å². The number of amidine groups is 1. The molecule has 2 amide bonds. The van der Waals surface area contributed by atoms with Crippen LogP contribution in [0, 0.1) is 17.2 Å². The normalized spacial score (nSPS) is 22.7. The van der Waals surface area contributed by atoms with E-state index < -0.39 is 17.6 Å². The number of carboxylic acid groups (broad SMARTS) is 1. The van der Waals surface area contributed by atoms with Crippen LogP contribution in [0.5, 0.6) is 0 Å². The maximum atomic E-state index is 13.3. The van der Waals surface area contributed by atoms with Crippen molar-refractivity contribution in [1.29, 1.82) is 5.41 Å². The molecule has 1 saturated carbocycles. The Kier molecular flexibility index (Phi) is 6.64. The van der Waals surface area contributed by atoms with Crippen LogP contribution in [0.3, 0.4) is 0 Å². The van der Waals surface area contributed by atoms with E-state index in [0.29, 0.717) is 31.5 Å². The van der Waals surface area contributed by atoms with E-state index in [-0.39, 0.29) is 36.0 Å². The van der Waals surface area contributed by atoms with Gasteiger partial charge in [-0.25, -0.2) is 0 Å². The number of carbonyl (C=O) groups is 3. The molecular weight excluding hydrogens is 398 g/mol. The number of nitrogen functional groups attached to an aromatic ring is 1. The van der Waals surface area contributed by atoms with Crippen LogP contribution in [0.4, 0.5) is 0 Å². The number of hydrogen-bond donors (Lipinski definition) is 5. The Balaban J connectivity index is 1.67. The number of piperidine rings is 1. The molecule has 6 N–H and O–H groups in total. The van der Waals surface area contributed by atoms with Gasteiger partial charge in [0, 0.05) is 18.7 Å². The van der Waals surface area contributed by atoms with Crippen molar-refractivity contribution in [2.45, 2.75) is 51.2 Å². The quantitative estimate of drug-likeness (QED) is 0.273. The summed E-state index contributed by atoms with van der Waals surface area (Å²) in [6.45, 7) is 4.49. The van der Waals surface area contributed by atoms with Crippen LogP contribution >= 0.6 is 0 Å². The van der Waals surface area contributed by atoms with Crippen molar-refractivity contribution in [3.63, 3.8) is 0 Å². The highest BCUT2D eigenvalue weighted by molar-refractivity contribution is 5.97. The summed E-state index contributed by atoms with van der Waals surface area (Å²) in [4.78, 5) is 39.0. The minimum absolute atomic E-state index is 0.0112. The summed E-state index contributed by atoms with van der Waals surface area (Å²) < 4.78 is 0. The number of aliphatic carboxylic acids is 1. The highest BCUT2D eigenvalue weighted by Gasteiger charge is 2.68. The fourth-order valence-corrected chi connectivity index (χ4v) is 4.46. The Bertz CT molecular complexity index is 869. The fraction of sp³-hybridized carbons (Fsp3) is 0.545. The van der Waals surface area contributed by atoms with Crippen molar-refractivity contribution >= 4 is 23.6 Å². The molecule has 3 rings (SSSR count). The summed E-state index contributed by atoms with van der Waals surface area (Å²) in [5.74, 6) is -1.04. The molecule has 1 aromatic rings. The molecule has 1 aliphatic carbocycles. The molecule has 9 heteroatoms. The van der Waals surface area contributed by atoms with E-state index in [4.69, 9.17) is 16.2 Å². The van der Waals surface area contributed by atoms with Gasteiger partial charge in [0.15, 0.2) is 0 Å². The molecule has 1 heterocycles. The molecule has 3 atom stereocenters. The zero-order chi connectivity index (χ0) is 22.8. The molecule has 1 saturated heterocycles. The Hall–Kier alpha value is -2.94. The molecule has 0 spiro atoms. The number of carboxylic acids is 1. The molecule has 2 fully saturated rings. The van der Waals surface area contributed by atoms with Gasteiger partial charge in [-0.2, -0.15) is 0 Å². The summed E-state index contributed by atoms with van der Waals surface area (Å²) in [6.07, 6.45) is 1.93. The molecule has 0 radical (unpaired) electrons. The number of likely N-dealkylation sites (tertiary alicyclic amines) is 1. The van der Waals surface area contributed by atoms with Crippen LogP contribution in [0.15, 0.2) is 24.3 Å². The van der Waals surface area contributed by atoms with Gasteiger partial charge in [-0.15, -0.1) is 0 Å². The van der Waals surface area contributed by atoms with Crippen LogP contribution in [-0.4, -0.2) is 58.3 Å². The molecule has 2 aliphatic rings. The zero-order valence-electron chi connectivity index (χ0n) is 18.0. The average molecular weight is 430 g/mol. The molecular formula is C22H31N5O4. The molecule has 1 aliphatic heterocycles. The molecule has 0 aromatic heterocycles. The summed E-state index contributed by atoms with van der Waals surface area (Å²) in [5, 5.41) is 22.2. The van der Waals surface area contributed by atoms with Crippen molar-refractivity contribution in [2.24, 2.45) is 17.6 Å². The van der Waals surface area contributed by atoms with Crippen LogP contribution in [0.2, 0.25) is 0 Å². The molecule has 0 unspecified atom stereocenters. The van der Waals surface area contributed by atoms with Crippen molar-refractivity contribution in [2.75, 3.05) is 13.1 Å². The second kappa shape index (κ2) is 9.05. The Morgan fingerprint density at radius 2 is 1.97 bits per heavy atom. The summed E-state index contributed by atoms with van der Waals surface area (Å²) in [6, 6.07) is 6.46. The number of hydrogen-bond acceptors (Lipinski definition) is 5. The summed E-state index contributed by atoms with van der Waals surface area (Å²) >= 11 is 0. The average Bonchev–Trinajstić information content (AvgIpc) is 3.34. The first-order chi connectivity index (χ1) is 14.6. The van der Waals surface area contributed by atoms with Gasteiger partial charge in [-0.05, 0) is 36.7 Å². The monoisotopic (exact) mass is 429 g/mol. The van der Waals surface area contributed by atoms with Gasteiger partial charge in [0.05, 0.1) is 12.6 Å². The molecule has 168 valence electrons. The summed E-state index contributed by atoms with van der Waals surface area (Å²) in [5.41, 5.74) is 6.14. The van der Waals surface area contributed by atoms with E-state index in [1.165, 1.54) is 0 Å². The highest BCUT2D eigenvalue weighted by atomic mass is 16.4. The molecule has 31 heavy (non-hydrogen) atoms. The first-order valence-electron chi connectivity index (χ1n) is 10.6. The van der Waals surface area contributed by atoms with Crippen LogP contribution in [-0.2, 0) is 20.9 Å². The molecule has 9 nitrogen and oxygen atoms in total. The number of amides is 2. The second-order valence-electron chi connectivity index (χ2n) is 8.85. The Morgan fingerprint density at radius 1 is 1.29 bits per heavy atom. The Morgan fingerprint density at radius 3 is 2.52 bits per heavy atom. The second-order valence-corrected chi connectivity index (χ2v) is 8.85. The van der Waals surface area contributed by atoms with Crippen LogP contribution in [0.1, 0.15) is 44.2 Å². The van der Waals surface area contributed by atoms with Gasteiger partial charge in [0.1, 0.15) is 11.4 Å². The first kappa shape index (κ1) is 22.7. The third-order valence-electron chi connectivity index (χ3n) is 6.14. The van der Waals surface area contributed by atoms with Crippen LogP contribution in [0.25, 0.3) is 0 Å². The third kappa shape index (κ3) is 4.87. The topological polar surface area (TPSA) is 149 Å². The van der Waals surface area contributed by atoms with Gasteiger partial charge in [0.2, 0.25) is 11.8 Å². The highest BCUT2D eigenvalue weighted by Crippen LogP contribution is 2.56. The standard InChI is InChI=1S/C22H31N5O4/c1-13(2)9-17(25-12-18(28)29)20(30)27-8-7-16-10-22(16,27)21(31)26-11-14-3-5-15(6-4-14)19(23)24/h3-6,13,16-17,25H,7-12H2,1-2H3,(H3,23,24)(H,26,31)(H,28,29)/t16-,17-,22+/m1/s1. The van der Waals surface area contributed by atoms with Crippen LogP contribution < -0.4 is 16.4 Å². The third-order valence-corrected chi connectivity index (χ3v) is 6.14. The number of nitrogens with two attached hydrogens (primary N) is 1. The number of rotatable bonds is 10. The fourth-order valence-electron chi connectivity index (χ4n) is 4.46. The smallest absolute Gasteiger partial charge is 0.317 e. The predicted octanol–water partition coefficient (Wildman–Crippen LogP) is 0.667. The SMILES string of the molecule is CC(C)C[C@@H](NCC(=O)O)C(=O)N1CC[C@@H]2C[C@@]21C(=O)NCc1ccc(C(=N)N)cc1. The molecule has 0 bridgehead atoms. The van der Waals surface area contributed by atoms with Gasteiger partial charge in [-0.3, -0.25) is 25.1 Å². The van der Waals surface area contributed by atoms with Gasteiger partial charge < -0.3 is 21.1 Å². The van der Waals surface area contributed by atoms with Crippen molar-refractivity contribution in [3.05, 3.63) is 35.4 Å². The summed E-state index contributed by atoms with van der Waals surface area (Å²) in [7, 11) is 0. The van der Waals surface area contributed by atoms with E-state index in [1.54, 1.807) is 17.0 Å². The predicted molar refractivity (Wildman–Crippen MR) is 115 cm³/mol. The number of nitrogens with zero attached hydrogens (tertiary/aromatic N) is 1. The lowest BCUT2D eigenvalue weighted by atomic mass is 10.0. The van der Waals surface area contributed by atoms with Crippen molar-refractivity contribution in [1.82, 2.24) is 15.5 Å². The molecule has 1 aromatic carbocycles. The lowest BCUT2D eigenvalue weighted by Gasteiger charge is -2.32. The van der Waals surface area contributed by atoms with Gasteiger partial charge in [-0.1, -0.05) is 38.1 Å². The maximum Gasteiger partial charge on any atom is 0.317 e. The number of fused-ring (bicyclic) bond motifs is 1. The van der Waals surface area contributed by atoms with E-state index in [2.05, 4.69) is 10.6 Å². The lowest BCUT2D eigenvalue weighted by Crippen LogP contribution is -2.56. The van der Waals surface area contributed by atoms with E-state index in [1.807, 2.05) is 26.0 Å². The largest absolute Gasteiger partial charge is 0.480 e. The zero-order valence-corrected chi connectivity index (χ0v) is 18.0. The van der Waals surface area contributed by atoms with Crippen molar-refractivity contribution in [3.8, 4) is 0 Å². The number of benzene rings is 1. The van der Waals surface area contributed by atoms with Gasteiger partial charge in [0.25, 0.3) is 0 Å².